The van der Waals surface area contributed by atoms with E-state index in [1.807, 2.05) is 24.3 Å². The van der Waals surface area contributed by atoms with E-state index < -0.39 is 6.09 Å². The van der Waals surface area contributed by atoms with E-state index in [-0.39, 0.29) is 11.6 Å². The summed E-state index contributed by atoms with van der Waals surface area (Å²) in [4.78, 5) is 34.1. The van der Waals surface area contributed by atoms with Gasteiger partial charge in [-0.05, 0) is 77.7 Å². The molecule has 1 aliphatic rings. The minimum absolute atomic E-state index is 0.136. The van der Waals surface area contributed by atoms with E-state index in [4.69, 9.17) is 11.6 Å². The van der Waals surface area contributed by atoms with Gasteiger partial charge in [-0.15, -0.1) is 5.10 Å². The van der Waals surface area contributed by atoms with Crippen LogP contribution in [-0.2, 0) is 6.42 Å². The summed E-state index contributed by atoms with van der Waals surface area (Å²) in [5.74, 6) is 0.695. The topological polar surface area (TPSA) is 135 Å². The van der Waals surface area contributed by atoms with Crippen LogP contribution in [0.5, 0.6) is 0 Å². The average Bonchev–Trinajstić information content (AvgIpc) is 3.70. The molecule has 0 unspecified atom stereocenters. The van der Waals surface area contributed by atoms with Crippen molar-refractivity contribution in [3.05, 3.63) is 94.0 Å². The van der Waals surface area contributed by atoms with Gasteiger partial charge >= 0.3 is 6.09 Å². The second-order valence-electron chi connectivity index (χ2n) is 9.17. The Morgan fingerprint density at radius 3 is 2.69 bits per heavy atom. The fraction of sp³-hybridized carbons (Fsp3) is 0.185. The first-order valence-corrected chi connectivity index (χ1v) is 12.7. The smallest absolute Gasteiger partial charge is 0.411 e. The zero-order valence-corrected chi connectivity index (χ0v) is 21.6. The molecule has 3 aromatic heterocycles. The van der Waals surface area contributed by atoms with Crippen LogP contribution < -0.4 is 10.5 Å². The van der Waals surface area contributed by atoms with Gasteiger partial charge in [-0.3, -0.25) is 9.69 Å². The minimum Gasteiger partial charge on any atom is -0.465 e. The van der Waals surface area contributed by atoms with Gasteiger partial charge in [0.15, 0.2) is 0 Å². The Bertz CT molecular complexity index is 1730. The van der Waals surface area contributed by atoms with E-state index in [1.54, 1.807) is 48.0 Å². The number of tetrazole rings is 1. The Kier molecular flexibility index (Phi) is 6.20. The van der Waals surface area contributed by atoms with Crippen LogP contribution in [0.15, 0.2) is 71.9 Å². The molecule has 196 valence electrons. The molecule has 4 heterocycles. The number of hydrogen-bond donors (Lipinski definition) is 2. The molecular weight excluding hydrogens is 520 g/mol. The Hall–Kier alpha value is -4.77. The number of aromatic nitrogens is 7. The second kappa shape index (κ2) is 9.84. The Morgan fingerprint density at radius 1 is 1.15 bits per heavy atom. The summed E-state index contributed by atoms with van der Waals surface area (Å²) < 4.78 is 3.32. The number of halogens is 1. The molecule has 1 amide bonds. The lowest BCUT2D eigenvalue weighted by Gasteiger charge is -2.17. The summed E-state index contributed by atoms with van der Waals surface area (Å²) >= 11 is 6.30. The maximum Gasteiger partial charge on any atom is 0.411 e. The van der Waals surface area contributed by atoms with Crippen molar-refractivity contribution >= 4 is 23.4 Å². The van der Waals surface area contributed by atoms with Crippen LogP contribution in [0, 0.1) is 0 Å². The molecule has 0 spiro atoms. The van der Waals surface area contributed by atoms with Crippen LogP contribution in [0.3, 0.4) is 0 Å². The summed E-state index contributed by atoms with van der Waals surface area (Å²) in [5, 5.41) is 21.3. The first kappa shape index (κ1) is 24.6. The van der Waals surface area contributed by atoms with Gasteiger partial charge in [-0.25, -0.2) is 9.78 Å². The predicted octanol–water partition coefficient (Wildman–Crippen LogP) is 4.57. The third-order valence-electron chi connectivity index (χ3n) is 6.95. The van der Waals surface area contributed by atoms with Gasteiger partial charge < -0.3 is 14.7 Å². The van der Waals surface area contributed by atoms with Crippen molar-refractivity contribution < 1.29 is 9.90 Å². The lowest BCUT2D eigenvalue weighted by Crippen LogP contribution is -2.28. The summed E-state index contributed by atoms with van der Waals surface area (Å²) in [6.45, 7) is 2.15. The van der Waals surface area contributed by atoms with Crippen molar-refractivity contribution in [2.75, 3.05) is 11.4 Å². The number of imidazole rings is 1. The normalized spacial score (nSPS) is 14.4. The van der Waals surface area contributed by atoms with Crippen LogP contribution in [0.25, 0.3) is 28.1 Å². The van der Waals surface area contributed by atoms with Crippen molar-refractivity contribution in [3.8, 4) is 28.1 Å². The third-order valence-corrected chi connectivity index (χ3v) is 7.18. The number of amides is 1. The number of aryl methyl sites for hydroxylation is 1. The van der Waals surface area contributed by atoms with Gasteiger partial charge in [0.25, 0.3) is 5.56 Å². The maximum atomic E-state index is 13.4. The fourth-order valence-corrected chi connectivity index (χ4v) is 5.29. The number of pyridine rings is 1. The molecule has 5 aromatic rings. The number of aromatic amines is 1. The van der Waals surface area contributed by atoms with Crippen molar-refractivity contribution in [1.82, 2.24) is 34.7 Å². The molecular formula is C27H23ClN8O3. The quantitative estimate of drug-likeness (QED) is 0.321. The highest BCUT2D eigenvalue weighted by Gasteiger charge is 2.28. The van der Waals surface area contributed by atoms with E-state index in [0.717, 1.165) is 40.2 Å². The molecule has 1 atom stereocenters. The molecule has 0 saturated heterocycles. The number of H-pyrrole nitrogens is 1. The van der Waals surface area contributed by atoms with E-state index in [0.29, 0.717) is 29.5 Å². The highest BCUT2D eigenvalue weighted by molar-refractivity contribution is 6.31. The Balaban J connectivity index is 1.31. The molecule has 2 N–H and O–H groups in total. The van der Waals surface area contributed by atoms with Crippen LogP contribution in [-0.4, -0.2) is 52.5 Å². The Morgan fingerprint density at radius 2 is 1.97 bits per heavy atom. The molecule has 0 aliphatic carbocycles. The molecule has 12 heteroatoms. The lowest BCUT2D eigenvalue weighted by atomic mass is 10.0. The van der Waals surface area contributed by atoms with Crippen molar-refractivity contribution in [2.24, 2.45) is 0 Å². The first-order valence-electron chi connectivity index (χ1n) is 12.4. The monoisotopic (exact) mass is 542 g/mol. The van der Waals surface area contributed by atoms with Crippen LogP contribution in [0.2, 0.25) is 5.02 Å². The number of rotatable bonds is 6. The van der Waals surface area contributed by atoms with Gasteiger partial charge in [0.1, 0.15) is 12.2 Å². The van der Waals surface area contributed by atoms with E-state index in [9.17, 15) is 14.7 Å². The van der Waals surface area contributed by atoms with Gasteiger partial charge in [0.05, 0.1) is 23.6 Å². The standard InChI is InChI=1S/C27H23ClN8O3/c1-2-34(27(38)39)19-6-3-16(4-7-19)22-14-29-26(31-22)24-10-8-20-11-17(12-25(37)36(20)24)21-13-18(28)5-9-23(21)35-15-30-32-33-35/h3-7,9,11-15,24H,2,8,10H2,1H3,(H,29,31)(H,38,39)/t24-/m0/s1. The number of hydrogen-bond acceptors (Lipinski definition) is 6. The minimum atomic E-state index is -0.996. The predicted molar refractivity (Wildman–Crippen MR) is 145 cm³/mol. The van der Waals surface area contributed by atoms with Crippen molar-refractivity contribution in [3.63, 3.8) is 0 Å². The summed E-state index contributed by atoms with van der Waals surface area (Å²) in [5.41, 5.74) is 5.24. The van der Waals surface area contributed by atoms with Gasteiger partial charge in [0.2, 0.25) is 0 Å². The SMILES string of the molecule is CCN(C(=O)O)c1ccc(-c2cnc([C@@H]3CCc4cc(-c5cc(Cl)ccc5-n5cnnn5)cc(=O)n43)[nH]2)cc1. The summed E-state index contributed by atoms with van der Waals surface area (Å²) in [7, 11) is 0. The molecule has 11 nitrogen and oxygen atoms in total. The van der Waals surface area contributed by atoms with E-state index in [2.05, 4.69) is 25.5 Å². The van der Waals surface area contributed by atoms with Crippen LogP contribution in [0.1, 0.15) is 30.9 Å². The number of carbonyl (C=O) groups is 1. The number of nitrogens with zero attached hydrogens (tertiary/aromatic N) is 7. The van der Waals surface area contributed by atoms with Gasteiger partial charge in [-0.2, -0.15) is 4.68 Å². The molecule has 39 heavy (non-hydrogen) atoms. The summed E-state index contributed by atoms with van der Waals surface area (Å²) in [6.07, 6.45) is 3.67. The number of fused-ring (bicyclic) bond motifs is 1. The molecule has 0 fully saturated rings. The number of benzene rings is 2. The summed E-state index contributed by atoms with van der Waals surface area (Å²) in [6, 6.07) is 16.0. The van der Waals surface area contributed by atoms with Gasteiger partial charge in [0, 0.05) is 34.6 Å². The van der Waals surface area contributed by atoms with Crippen LogP contribution >= 0.6 is 11.6 Å². The molecule has 1 aliphatic heterocycles. The third kappa shape index (κ3) is 4.46. The zero-order valence-electron chi connectivity index (χ0n) is 20.8. The molecule has 0 radical (unpaired) electrons. The zero-order chi connectivity index (χ0) is 27.1. The highest BCUT2D eigenvalue weighted by atomic mass is 35.5. The van der Waals surface area contributed by atoms with Crippen molar-refractivity contribution in [2.45, 2.75) is 25.8 Å². The molecule has 0 bridgehead atoms. The largest absolute Gasteiger partial charge is 0.465 e. The van der Waals surface area contributed by atoms with Gasteiger partial charge in [-0.1, -0.05) is 23.7 Å². The number of nitrogens with one attached hydrogen (secondary N) is 1. The second-order valence-corrected chi connectivity index (χ2v) is 9.61. The molecule has 2 aromatic carbocycles. The maximum absolute atomic E-state index is 13.4. The van der Waals surface area contributed by atoms with E-state index >= 15 is 0 Å². The van der Waals surface area contributed by atoms with Crippen LogP contribution in [0.4, 0.5) is 10.5 Å². The average molecular weight is 543 g/mol. The fourth-order valence-electron chi connectivity index (χ4n) is 5.12. The lowest BCUT2D eigenvalue weighted by molar-refractivity contribution is 0.202. The Labute approximate surface area is 227 Å². The van der Waals surface area contributed by atoms with E-state index in [1.165, 1.54) is 15.9 Å². The highest BCUT2D eigenvalue weighted by Crippen LogP contribution is 2.34. The first-order chi connectivity index (χ1) is 18.9. The number of anilines is 1. The van der Waals surface area contributed by atoms with Crippen molar-refractivity contribution in [1.29, 1.82) is 0 Å². The molecule has 0 saturated carbocycles. The molecule has 6 rings (SSSR count). The number of carboxylic acid groups (broad SMARTS) is 1.